The van der Waals surface area contributed by atoms with Gasteiger partial charge in [-0.25, -0.2) is 13.4 Å². The lowest BCUT2D eigenvalue weighted by Crippen LogP contribution is -2.27. The summed E-state index contributed by atoms with van der Waals surface area (Å²) >= 11 is 0. The highest BCUT2D eigenvalue weighted by Crippen LogP contribution is 2.20. The fraction of sp³-hybridized carbons (Fsp3) is 0.500. The van der Waals surface area contributed by atoms with Gasteiger partial charge < -0.3 is 5.32 Å². The fourth-order valence-corrected chi connectivity index (χ4v) is 3.22. The van der Waals surface area contributed by atoms with E-state index in [4.69, 9.17) is 0 Å². The molecule has 88 valence electrons. The largest absolute Gasteiger partial charge is 0.373 e. The highest BCUT2D eigenvalue weighted by atomic mass is 32.2. The van der Waals surface area contributed by atoms with E-state index in [0.29, 0.717) is 18.9 Å². The van der Waals surface area contributed by atoms with Crippen molar-refractivity contribution in [2.24, 2.45) is 0 Å². The molecule has 0 aliphatic carbocycles. The Bertz CT molecular complexity index is 449. The van der Waals surface area contributed by atoms with Crippen molar-refractivity contribution in [2.75, 3.05) is 25.5 Å². The van der Waals surface area contributed by atoms with Gasteiger partial charge in [-0.15, -0.1) is 0 Å². The van der Waals surface area contributed by atoms with Gasteiger partial charge in [0, 0.05) is 26.3 Å². The molecule has 1 aliphatic heterocycles. The number of hydrogen-bond donors (Lipinski definition) is 1. The smallest absolute Gasteiger partial charge is 0.244 e. The number of nitrogens with zero attached hydrogens (tertiary/aromatic N) is 2. The number of nitrogens with one attached hydrogen (secondary N) is 1. The van der Waals surface area contributed by atoms with Gasteiger partial charge in [0.15, 0.2) is 0 Å². The fourth-order valence-electron chi connectivity index (χ4n) is 1.76. The van der Waals surface area contributed by atoms with Crippen molar-refractivity contribution in [3.8, 4) is 0 Å². The predicted molar refractivity (Wildman–Crippen MR) is 61.8 cm³/mol. The van der Waals surface area contributed by atoms with E-state index in [9.17, 15) is 8.42 Å². The van der Waals surface area contributed by atoms with Crippen LogP contribution in [-0.4, -0.2) is 37.8 Å². The van der Waals surface area contributed by atoms with Crippen LogP contribution >= 0.6 is 0 Å². The number of anilines is 1. The molecule has 1 aliphatic rings. The molecule has 1 fully saturated rings. The van der Waals surface area contributed by atoms with Gasteiger partial charge in [-0.05, 0) is 25.0 Å². The molecule has 1 saturated heterocycles. The summed E-state index contributed by atoms with van der Waals surface area (Å²) in [6.45, 7) is 1.24. The summed E-state index contributed by atoms with van der Waals surface area (Å²) in [7, 11) is -1.57. The van der Waals surface area contributed by atoms with Gasteiger partial charge in [-0.3, -0.25) is 0 Å². The third kappa shape index (κ3) is 2.03. The second-order valence-electron chi connectivity index (χ2n) is 3.74. The summed E-state index contributed by atoms with van der Waals surface area (Å²) in [5, 5.41) is 2.86. The van der Waals surface area contributed by atoms with Gasteiger partial charge >= 0.3 is 0 Å². The van der Waals surface area contributed by atoms with Crippen LogP contribution in [0.3, 0.4) is 0 Å². The molecule has 2 heterocycles. The van der Waals surface area contributed by atoms with E-state index < -0.39 is 10.0 Å². The molecule has 0 saturated carbocycles. The molecular weight excluding hydrogens is 226 g/mol. The minimum Gasteiger partial charge on any atom is -0.373 e. The minimum absolute atomic E-state index is 0.272. The molecule has 1 aromatic rings. The molecule has 0 aromatic carbocycles. The van der Waals surface area contributed by atoms with Crippen molar-refractivity contribution < 1.29 is 8.42 Å². The Morgan fingerprint density at radius 1 is 1.31 bits per heavy atom. The Labute approximate surface area is 95.5 Å². The molecule has 0 radical (unpaired) electrons. The summed E-state index contributed by atoms with van der Waals surface area (Å²) in [5.41, 5.74) is 0. The molecule has 6 heteroatoms. The second kappa shape index (κ2) is 4.39. The van der Waals surface area contributed by atoms with Crippen LogP contribution in [0.25, 0.3) is 0 Å². The van der Waals surface area contributed by atoms with Crippen molar-refractivity contribution in [3.05, 3.63) is 18.3 Å². The molecule has 1 N–H and O–H groups in total. The summed E-state index contributed by atoms with van der Waals surface area (Å²) < 4.78 is 25.7. The van der Waals surface area contributed by atoms with E-state index >= 15 is 0 Å². The molecule has 5 nitrogen and oxygen atoms in total. The van der Waals surface area contributed by atoms with E-state index in [1.165, 1.54) is 10.5 Å². The first-order valence-corrected chi connectivity index (χ1v) is 6.72. The van der Waals surface area contributed by atoms with Gasteiger partial charge in [-0.1, -0.05) is 0 Å². The predicted octanol–water partition coefficient (Wildman–Crippen LogP) is 0.908. The lowest BCUT2D eigenvalue weighted by molar-refractivity contribution is 0.477. The van der Waals surface area contributed by atoms with Gasteiger partial charge in [0.1, 0.15) is 10.7 Å². The standard InChI is InChI=1S/C10H15N3O2S/c1-11-10-5-4-9(8-12-10)16(14,15)13-6-2-3-7-13/h4-5,8H,2-3,6-7H2,1H3,(H,11,12). The van der Waals surface area contributed by atoms with Crippen LogP contribution in [0.4, 0.5) is 5.82 Å². The van der Waals surface area contributed by atoms with E-state index in [0.717, 1.165) is 12.8 Å². The summed E-state index contributed by atoms with van der Waals surface area (Å²) in [5.74, 6) is 0.667. The molecule has 16 heavy (non-hydrogen) atoms. The van der Waals surface area contributed by atoms with Crippen LogP contribution in [0.5, 0.6) is 0 Å². The Morgan fingerprint density at radius 3 is 2.50 bits per heavy atom. The van der Waals surface area contributed by atoms with Gasteiger partial charge in [0.05, 0.1) is 0 Å². The maximum Gasteiger partial charge on any atom is 0.244 e. The first-order chi connectivity index (χ1) is 7.64. The lowest BCUT2D eigenvalue weighted by atomic mass is 10.4. The topological polar surface area (TPSA) is 62.3 Å². The third-order valence-electron chi connectivity index (χ3n) is 2.70. The average Bonchev–Trinajstić information content (AvgIpc) is 2.83. The van der Waals surface area contributed by atoms with Crippen molar-refractivity contribution >= 4 is 15.8 Å². The average molecular weight is 241 g/mol. The maximum atomic E-state index is 12.1. The monoisotopic (exact) mass is 241 g/mol. The first-order valence-electron chi connectivity index (χ1n) is 5.28. The molecule has 0 spiro atoms. The van der Waals surface area contributed by atoms with Crippen LogP contribution in [-0.2, 0) is 10.0 Å². The highest BCUT2D eigenvalue weighted by Gasteiger charge is 2.27. The number of rotatable bonds is 3. The van der Waals surface area contributed by atoms with E-state index in [1.54, 1.807) is 19.2 Å². The number of aromatic nitrogens is 1. The molecule has 2 rings (SSSR count). The normalized spacial score (nSPS) is 17.6. The molecule has 0 bridgehead atoms. The molecule has 1 aromatic heterocycles. The van der Waals surface area contributed by atoms with Crippen LogP contribution < -0.4 is 5.32 Å². The van der Waals surface area contributed by atoms with E-state index in [-0.39, 0.29) is 4.90 Å². The van der Waals surface area contributed by atoms with Crippen molar-refractivity contribution in [3.63, 3.8) is 0 Å². The molecule has 0 unspecified atom stereocenters. The van der Waals surface area contributed by atoms with E-state index in [1.807, 2.05) is 0 Å². The first kappa shape index (κ1) is 11.3. The number of hydrogen-bond acceptors (Lipinski definition) is 4. The van der Waals surface area contributed by atoms with Crippen LogP contribution in [0, 0.1) is 0 Å². The lowest BCUT2D eigenvalue weighted by Gasteiger charge is -2.15. The van der Waals surface area contributed by atoms with Gasteiger partial charge in [0.25, 0.3) is 0 Å². The quantitative estimate of drug-likeness (QED) is 0.854. The zero-order chi connectivity index (χ0) is 11.6. The molecule has 0 atom stereocenters. The Hall–Kier alpha value is -1.14. The molecular formula is C10H15N3O2S. The van der Waals surface area contributed by atoms with Gasteiger partial charge in [0.2, 0.25) is 10.0 Å². The Balaban J connectivity index is 2.28. The SMILES string of the molecule is CNc1ccc(S(=O)(=O)N2CCCC2)cn1. The Morgan fingerprint density at radius 2 is 2.00 bits per heavy atom. The van der Waals surface area contributed by atoms with Crippen molar-refractivity contribution in [1.82, 2.24) is 9.29 Å². The van der Waals surface area contributed by atoms with Crippen molar-refractivity contribution in [1.29, 1.82) is 0 Å². The highest BCUT2D eigenvalue weighted by molar-refractivity contribution is 7.89. The minimum atomic E-state index is -3.32. The van der Waals surface area contributed by atoms with Gasteiger partial charge in [-0.2, -0.15) is 4.31 Å². The molecule has 0 amide bonds. The zero-order valence-electron chi connectivity index (χ0n) is 9.18. The number of sulfonamides is 1. The third-order valence-corrected chi connectivity index (χ3v) is 4.58. The summed E-state index contributed by atoms with van der Waals surface area (Å²) in [4.78, 5) is 4.29. The zero-order valence-corrected chi connectivity index (χ0v) is 10.00. The summed E-state index contributed by atoms with van der Waals surface area (Å²) in [6.07, 6.45) is 3.29. The number of pyridine rings is 1. The summed E-state index contributed by atoms with van der Waals surface area (Å²) in [6, 6.07) is 3.26. The van der Waals surface area contributed by atoms with Crippen LogP contribution in [0.2, 0.25) is 0 Å². The van der Waals surface area contributed by atoms with Crippen LogP contribution in [0.15, 0.2) is 23.2 Å². The van der Waals surface area contributed by atoms with E-state index in [2.05, 4.69) is 10.3 Å². The Kier molecular flexibility index (Phi) is 3.11. The van der Waals surface area contributed by atoms with Crippen molar-refractivity contribution in [2.45, 2.75) is 17.7 Å². The van der Waals surface area contributed by atoms with Crippen LogP contribution in [0.1, 0.15) is 12.8 Å². The maximum absolute atomic E-state index is 12.1. The second-order valence-corrected chi connectivity index (χ2v) is 5.68.